The normalized spacial score (nSPS) is 13.3. The van der Waals surface area contributed by atoms with Crippen molar-refractivity contribution in [3.05, 3.63) is 30.1 Å². The summed E-state index contributed by atoms with van der Waals surface area (Å²) in [5.41, 5.74) is 1.14. The summed E-state index contributed by atoms with van der Waals surface area (Å²) in [5, 5.41) is 3.28. The van der Waals surface area contributed by atoms with Gasteiger partial charge in [0.15, 0.2) is 0 Å². The van der Waals surface area contributed by atoms with E-state index in [1.165, 1.54) is 0 Å². The smallest absolute Gasteiger partial charge is 0.0543 e. The van der Waals surface area contributed by atoms with Gasteiger partial charge in [0.1, 0.15) is 0 Å². The van der Waals surface area contributed by atoms with Gasteiger partial charge in [-0.25, -0.2) is 0 Å². The van der Waals surface area contributed by atoms with Crippen LogP contribution in [0.3, 0.4) is 0 Å². The molecule has 0 radical (unpaired) electrons. The molecule has 1 aromatic rings. The van der Waals surface area contributed by atoms with Gasteiger partial charge in [-0.3, -0.25) is 4.98 Å². The first-order valence-corrected chi connectivity index (χ1v) is 6.36. The highest BCUT2D eigenvalue weighted by Crippen LogP contribution is 2.12. The summed E-state index contributed by atoms with van der Waals surface area (Å²) in [7, 11) is 4.19. The molecule has 0 aromatic carbocycles. The largest absolute Gasteiger partial charge is 0.319 e. The molecule has 3 heteroatoms. The van der Waals surface area contributed by atoms with Crippen molar-refractivity contribution in [2.75, 3.05) is 27.2 Å². The van der Waals surface area contributed by atoms with Gasteiger partial charge in [-0.15, -0.1) is 0 Å². The Morgan fingerprint density at radius 2 is 2.12 bits per heavy atom. The molecule has 1 atom stereocenters. The minimum Gasteiger partial charge on any atom is -0.319 e. The first-order chi connectivity index (χ1) is 8.13. The third-order valence-electron chi connectivity index (χ3n) is 3.11. The molecule has 0 saturated carbocycles. The average molecular weight is 235 g/mol. The highest BCUT2D eigenvalue weighted by atomic mass is 15.1. The van der Waals surface area contributed by atoms with Gasteiger partial charge in [-0.2, -0.15) is 0 Å². The fourth-order valence-corrected chi connectivity index (χ4v) is 2.01. The van der Waals surface area contributed by atoms with E-state index in [1.54, 1.807) is 0 Å². The van der Waals surface area contributed by atoms with Crippen LogP contribution in [0.1, 0.15) is 19.5 Å². The Labute approximate surface area is 105 Å². The Hall–Kier alpha value is -0.930. The van der Waals surface area contributed by atoms with Gasteiger partial charge in [-0.05, 0) is 44.6 Å². The molecule has 1 rings (SSSR count). The number of hydrogen-bond acceptors (Lipinski definition) is 3. The number of aromatic nitrogens is 1. The Kier molecular flexibility index (Phi) is 6.16. The molecule has 96 valence electrons. The second-order valence-corrected chi connectivity index (χ2v) is 5.08. The summed E-state index contributed by atoms with van der Waals surface area (Å²) in [5.74, 6) is 1.39. The second-order valence-electron chi connectivity index (χ2n) is 5.08. The van der Waals surface area contributed by atoms with E-state index in [0.717, 1.165) is 25.3 Å². The molecule has 17 heavy (non-hydrogen) atoms. The van der Waals surface area contributed by atoms with Crippen molar-refractivity contribution in [2.24, 2.45) is 11.8 Å². The molecule has 0 bridgehead atoms. The summed E-state index contributed by atoms with van der Waals surface area (Å²) in [6.45, 7) is 7.68. The molecule has 1 heterocycles. The zero-order chi connectivity index (χ0) is 12.7. The van der Waals surface area contributed by atoms with E-state index in [0.29, 0.717) is 11.8 Å². The molecule has 0 aliphatic carbocycles. The number of nitrogens with zero attached hydrogens (tertiary/aromatic N) is 2. The first-order valence-electron chi connectivity index (χ1n) is 6.36. The molecule has 0 aliphatic rings. The average Bonchev–Trinajstić information content (AvgIpc) is 2.29. The van der Waals surface area contributed by atoms with Gasteiger partial charge in [0.05, 0.1) is 5.69 Å². The highest BCUT2D eigenvalue weighted by molar-refractivity contribution is 5.03. The third kappa shape index (κ3) is 5.29. The van der Waals surface area contributed by atoms with Crippen LogP contribution in [-0.2, 0) is 6.54 Å². The van der Waals surface area contributed by atoms with Crippen molar-refractivity contribution >= 4 is 0 Å². The molecule has 0 fully saturated rings. The predicted octanol–water partition coefficient (Wildman–Crippen LogP) is 2.00. The van der Waals surface area contributed by atoms with Crippen LogP contribution in [0.5, 0.6) is 0 Å². The molecular weight excluding hydrogens is 210 g/mol. The van der Waals surface area contributed by atoms with E-state index in [4.69, 9.17) is 0 Å². The zero-order valence-corrected chi connectivity index (χ0v) is 11.5. The summed E-state index contributed by atoms with van der Waals surface area (Å²) in [6.07, 6.45) is 1.86. The number of nitrogens with one attached hydrogen (secondary N) is 1. The lowest BCUT2D eigenvalue weighted by Crippen LogP contribution is -2.34. The van der Waals surface area contributed by atoms with Crippen LogP contribution in [0.25, 0.3) is 0 Å². The Bertz CT molecular complexity index is 298. The number of hydrogen-bond donors (Lipinski definition) is 1. The van der Waals surface area contributed by atoms with Crippen LogP contribution in [0.4, 0.5) is 0 Å². The summed E-state index contributed by atoms with van der Waals surface area (Å²) in [4.78, 5) is 6.71. The minimum absolute atomic E-state index is 0.689. The van der Waals surface area contributed by atoms with Crippen LogP contribution in [-0.4, -0.2) is 37.1 Å². The van der Waals surface area contributed by atoms with Crippen molar-refractivity contribution in [1.29, 1.82) is 0 Å². The lowest BCUT2D eigenvalue weighted by Gasteiger charge is -2.26. The summed E-state index contributed by atoms with van der Waals surface area (Å²) in [6, 6.07) is 6.09. The van der Waals surface area contributed by atoms with Crippen molar-refractivity contribution < 1.29 is 0 Å². The molecule has 3 nitrogen and oxygen atoms in total. The molecule has 0 aliphatic heterocycles. The van der Waals surface area contributed by atoms with Crippen molar-refractivity contribution in [1.82, 2.24) is 15.2 Å². The lowest BCUT2D eigenvalue weighted by molar-refractivity contribution is 0.225. The van der Waals surface area contributed by atoms with Gasteiger partial charge >= 0.3 is 0 Å². The molecule has 1 unspecified atom stereocenters. The van der Waals surface area contributed by atoms with Gasteiger partial charge in [-0.1, -0.05) is 19.9 Å². The molecule has 1 N–H and O–H groups in total. The SMILES string of the molecule is CNCC(CN(C)Cc1ccccn1)C(C)C. The Balaban J connectivity index is 2.44. The van der Waals surface area contributed by atoms with Crippen LogP contribution in [0.15, 0.2) is 24.4 Å². The fourth-order valence-electron chi connectivity index (χ4n) is 2.01. The van der Waals surface area contributed by atoms with Crippen molar-refractivity contribution in [2.45, 2.75) is 20.4 Å². The first kappa shape index (κ1) is 14.1. The maximum absolute atomic E-state index is 4.36. The van der Waals surface area contributed by atoms with E-state index in [9.17, 15) is 0 Å². The minimum atomic E-state index is 0.689. The van der Waals surface area contributed by atoms with E-state index in [2.05, 4.69) is 42.2 Å². The Morgan fingerprint density at radius 3 is 2.65 bits per heavy atom. The highest BCUT2D eigenvalue weighted by Gasteiger charge is 2.15. The number of pyridine rings is 1. The number of rotatable bonds is 7. The quantitative estimate of drug-likeness (QED) is 0.783. The van der Waals surface area contributed by atoms with E-state index in [1.807, 2.05) is 25.4 Å². The predicted molar refractivity (Wildman–Crippen MR) is 72.8 cm³/mol. The van der Waals surface area contributed by atoms with Crippen molar-refractivity contribution in [3.63, 3.8) is 0 Å². The van der Waals surface area contributed by atoms with Gasteiger partial charge in [0, 0.05) is 19.3 Å². The molecule has 0 amide bonds. The lowest BCUT2D eigenvalue weighted by atomic mass is 9.95. The summed E-state index contributed by atoms with van der Waals surface area (Å²) < 4.78 is 0. The van der Waals surface area contributed by atoms with Crippen LogP contribution in [0.2, 0.25) is 0 Å². The van der Waals surface area contributed by atoms with E-state index in [-0.39, 0.29) is 0 Å². The molecule has 0 saturated heterocycles. The maximum Gasteiger partial charge on any atom is 0.0543 e. The monoisotopic (exact) mass is 235 g/mol. The molecular formula is C14H25N3. The third-order valence-corrected chi connectivity index (χ3v) is 3.11. The molecule has 1 aromatic heterocycles. The van der Waals surface area contributed by atoms with Crippen molar-refractivity contribution in [3.8, 4) is 0 Å². The standard InChI is InChI=1S/C14H25N3/c1-12(2)13(9-15-3)10-17(4)11-14-7-5-6-8-16-14/h5-8,12-13,15H,9-11H2,1-4H3. The summed E-state index contributed by atoms with van der Waals surface area (Å²) >= 11 is 0. The van der Waals surface area contributed by atoms with Gasteiger partial charge in [0.25, 0.3) is 0 Å². The topological polar surface area (TPSA) is 28.2 Å². The van der Waals surface area contributed by atoms with Gasteiger partial charge in [0.2, 0.25) is 0 Å². The second kappa shape index (κ2) is 7.41. The van der Waals surface area contributed by atoms with Crippen LogP contribution in [0, 0.1) is 11.8 Å². The zero-order valence-electron chi connectivity index (χ0n) is 11.5. The van der Waals surface area contributed by atoms with E-state index >= 15 is 0 Å². The molecule has 0 spiro atoms. The van der Waals surface area contributed by atoms with Gasteiger partial charge < -0.3 is 10.2 Å². The Morgan fingerprint density at radius 1 is 1.35 bits per heavy atom. The van der Waals surface area contributed by atoms with Crippen LogP contribution < -0.4 is 5.32 Å². The maximum atomic E-state index is 4.36. The van der Waals surface area contributed by atoms with Crippen LogP contribution >= 0.6 is 0 Å². The fraction of sp³-hybridized carbons (Fsp3) is 0.643. The van der Waals surface area contributed by atoms with E-state index < -0.39 is 0 Å².